The minimum atomic E-state index is -0.607. The van der Waals surface area contributed by atoms with Crippen molar-refractivity contribution in [3.05, 3.63) is 33.9 Å². The number of hydrogen-bond acceptors (Lipinski definition) is 5. The molecular formula is C18H26N4O3. The third-order valence-electron chi connectivity index (χ3n) is 5.55. The number of nitrogens with one attached hydrogen (secondary N) is 1. The van der Waals surface area contributed by atoms with Crippen molar-refractivity contribution in [3.8, 4) is 0 Å². The topological polar surface area (TPSA) is 82.9 Å². The van der Waals surface area contributed by atoms with Gasteiger partial charge in [0, 0.05) is 56.3 Å². The van der Waals surface area contributed by atoms with Crippen LogP contribution in [0.3, 0.4) is 0 Å². The molecule has 2 aromatic rings. The van der Waals surface area contributed by atoms with E-state index in [0.29, 0.717) is 24.8 Å². The Morgan fingerprint density at radius 2 is 2.04 bits per heavy atom. The first-order valence-corrected chi connectivity index (χ1v) is 9.14. The van der Waals surface area contributed by atoms with Gasteiger partial charge in [-0.1, -0.05) is 0 Å². The maximum absolute atomic E-state index is 12.3. The van der Waals surface area contributed by atoms with Crippen LogP contribution in [0.5, 0.6) is 0 Å². The van der Waals surface area contributed by atoms with Gasteiger partial charge in [0.15, 0.2) is 5.65 Å². The SMILES string of the molecule is Cc1cc2nc(C3CCN(CC4(O)CCOCC4)CC3)cc(=O)n2[nH]1. The summed E-state index contributed by atoms with van der Waals surface area (Å²) in [5.41, 5.74) is 1.87. The third kappa shape index (κ3) is 3.49. The molecule has 25 heavy (non-hydrogen) atoms. The van der Waals surface area contributed by atoms with Gasteiger partial charge in [-0.3, -0.25) is 9.89 Å². The summed E-state index contributed by atoms with van der Waals surface area (Å²) in [5, 5.41) is 13.7. The van der Waals surface area contributed by atoms with Gasteiger partial charge in [0.2, 0.25) is 0 Å². The standard InChI is InChI=1S/C18H26N4O3/c1-13-10-16-19-15(11-17(23)22(16)20-13)14-2-6-21(7-3-14)12-18(24)4-8-25-9-5-18/h10-11,14,20,24H,2-9,12H2,1H3. The summed E-state index contributed by atoms with van der Waals surface area (Å²) in [6.45, 7) is 5.80. The smallest absolute Gasteiger partial charge is 0.272 e. The number of aromatic amines is 1. The predicted octanol–water partition coefficient (Wildman–Crippen LogP) is 1.05. The van der Waals surface area contributed by atoms with Crippen LogP contribution in [0.1, 0.15) is 43.0 Å². The van der Waals surface area contributed by atoms with E-state index in [1.807, 2.05) is 13.0 Å². The number of piperidine rings is 1. The average Bonchev–Trinajstić information content (AvgIpc) is 2.97. The van der Waals surface area contributed by atoms with Crippen LogP contribution in [0.25, 0.3) is 5.65 Å². The molecule has 0 aromatic carbocycles. The highest BCUT2D eigenvalue weighted by Crippen LogP contribution is 2.29. The number of aryl methyl sites for hydroxylation is 1. The molecule has 7 heteroatoms. The molecule has 4 heterocycles. The van der Waals surface area contributed by atoms with Gasteiger partial charge in [-0.05, 0) is 32.9 Å². The molecule has 0 amide bonds. The van der Waals surface area contributed by atoms with Gasteiger partial charge in [-0.25, -0.2) is 9.50 Å². The van der Waals surface area contributed by atoms with E-state index < -0.39 is 5.60 Å². The van der Waals surface area contributed by atoms with Crippen LogP contribution in [0.4, 0.5) is 0 Å². The lowest BCUT2D eigenvalue weighted by Gasteiger charge is -2.39. The summed E-state index contributed by atoms with van der Waals surface area (Å²) in [7, 11) is 0. The molecule has 0 radical (unpaired) electrons. The largest absolute Gasteiger partial charge is 0.388 e. The number of aromatic nitrogens is 3. The van der Waals surface area contributed by atoms with Crippen molar-refractivity contribution >= 4 is 5.65 Å². The van der Waals surface area contributed by atoms with Gasteiger partial charge in [0.1, 0.15) is 0 Å². The van der Waals surface area contributed by atoms with Crippen LogP contribution in [0, 0.1) is 6.92 Å². The molecule has 0 bridgehead atoms. The molecule has 2 N–H and O–H groups in total. The number of ether oxygens (including phenoxy) is 1. The summed E-state index contributed by atoms with van der Waals surface area (Å²) in [5.74, 6) is 0.313. The van der Waals surface area contributed by atoms with Crippen LogP contribution in [0.15, 0.2) is 16.9 Å². The first kappa shape index (κ1) is 16.8. The number of rotatable bonds is 3. The molecular weight excluding hydrogens is 320 g/mol. The number of aliphatic hydroxyl groups is 1. The van der Waals surface area contributed by atoms with E-state index in [9.17, 15) is 9.90 Å². The highest BCUT2D eigenvalue weighted by atomic mass is 16.5. The molecule has 2 aliphatic heterocycles. The highest BCUT2D eigenvalue weighted by molar-refractivity contribution is 5.39. The van der Waals surface area contributed by atoms with Crippen LogP contribution in [0.2, 0.25) is 0 Å². The van der Waals surface area contributed by atoms with Crippen molar-refractivity contribution in [1.82, 2.24) is 19.5 Å². The predicted molar refractivity (Wildman–Crippen MR) is 94.0 cm³/mol. The van der Waals surface area contributed by atoms with Gasteiger partial charge in [0.25, 0.3) is 5.56 Å². The zero-order valence-electron chi connectivity index (χ0n) is 14.7. The summed E-state index contributed by atoms with van der Waals surface area (Å²) >= 11 is 0. The Labute approximate surface area is 146 Å². The minimum Gasteiger partial charge on any atom is -0.388 e. The Kier molecular flexibility index (Phi) is 4.39. The maximum atomic E-state index is 12.3. The molecule has 0 saturated carbocycles. The fourth-order valence-corrected chi connectivity index (χ4v) is 4.05. The van der Waals surface area contributed by atoms with E-state index in [1.54, 1.807) is 6.07 Å². The van der Waals surface area contributed by atoms with E-state index in [-0.39, 0.29) is 5.56 Å². The van der Waals surface area contributed by atoms with Gasteiger partial charge < -0.3 is 14.7 Å². The number of likely N-dealkylation sites (tertiary alicyclic amines) is 1. The minimum absolute atomic E-state index is 0.0490. The van der Waals surface area contributed by atoms with Crippen LogP contribution in [-0.2, 0) is 4.74 Å². The van der Waals surface area contributed by atoms with Crippen molar-refractivity contribution in [2.24, 2.45) is 0 Å². The molecule has 7 nitrogen and oxygen atoms in total. The molecule has 2 aliphatic rings. The summed E-state index contributed by atoms with van der Waals surface area (Å²) in [6.07, 6.45) is 3.38. The molecule has 0 aliphatic carbocycles. The zero-order chi connectivity index (χ0) is 17.4. The Morgan fingerprint density at radius 3 is 2.76 bits per heavy atom. The van der Waals surface area contributed by atoms with Crippen LogP contribution < -0.4 is 5.56 Å². The van der Waals surface area contributed by atoms with E-state index in [0.717, 1.165) is 56.7 Å². The maximum Gasteiger partial charge on any atom is 0.272 e. The quantitative estimate of drug-likeness (QED) is 0.868. The Bertz CT molecular complexity index is 798. The first-order valence-electron chi connectivity index (χ1n) is 9.14. The summed E-state index contributed by atoms with van der Waals surface area (Å²) in [4.78, 5) is 19.3. The monoisotopic (exact) mass is 346 g/mol. The van der Waals surface area contributed by atoms with E-state index in [1.165, 1.54) is 4.52 Å². The molecule has 2 saturated heterocycles. The Balaban J connectivity index is 1.42. The van der Waals surface area contributed by atoms with Crippen molar-refractivity contribution < 1.29 is 9.84 Å². The second-order valence-electron chi connectivity index (χ2n) is 7.54. The van der Waals surface area contributed by atoms with Crippen molar-refractivity contribution in [2.75, 3.05) is 32.8 Å². The lowest BCUT2D eigenvalue weighted by atomic mass is 9.90. The average molecular weight is 346 g/mol. The fourth-order valence-electron chi connectivity index (χ4n) is 4.05. The van der Waals surface area contributed by atoms with Gasteiger partial charge >= 0.3 is 0 Å². The second-order valence-corrected chi connectivity index (χ2v) is 7.54. The molecule has 136 valence electrons. The normalized spacial score (nSPS) is 22.5. The zero-order valence-corrected chi connectivity index (χ0v) is 14.7. The molecule has 2 aromatic heterocycles. The number of nitrogens with zero attached hydrogens (tertiary/aromatic N) is 3. The molecule has 0 unspecified atom stereocenters. The molecule has 0 atom stereocenters. The van der Waals surface area contributed by atoms with Crippen LogP contribution in [-0.4, -0.2) is 63.1 Å². The molecule has 0 spiro atoms. The lowest BCUT2D eigenvalue weighted by molar-refractivity contribution is -0.0821. The Hall–Kier alpha value is -1.70. The number of fused-ring (bicyclic) bond motifs is 1. The molecule has 2 fully saturated rings. The van der Waals surface area contributed by atoms with Gasteiger partial charge in [-0.15, -0.1) is 0 Å². The fraction of sp³-hybridized carbons (Fsp3) is 0.667. The van der Waals surface area contributed by atoms with E-state index in [2.05, 4.69) is 15.0 Å². The van der Waals surface area contributed by atoms with E-state index >= 15 is 0 Å². The second kappa shape index (κ2) is 6.55. The molecule has 4 rings (SSSR count). The summed E-state index contributed by atoms with van der Waals surface area (Å²) < 4.78 is 6.85. The number of H-pyrrole nitrogens is 1. The number of β-amino-alcohol motifs (C(OH)–C–C–N with tert-alkyl or cyclic N) is 1. The highest BCUT2D eigenvalue weighted by Gasteiger charge is 2.33. The van der Waals surface area contributed by atoms with Crippen molar-refractivity contribution in [2.45, 2.75) is 44.1 Å². The van der Waals surface area contributed by atoms with Crippen molar-refractivity contribution in [3.63, 3.8) is 0 Å². The van der Waals surface area contributed by atoms with Gasteiger partial charge in [-0.2, -0.15) is 0 Å². The Morgan fingerprint density at radius 1 is 1.32 bits per heavy atom. The van der Waals surface area contributed by atoms with Gasteiger partial charge in [0.05, 0.1) is 11.3 Å². The summed E-state index contributed by atoms with van der Waals surface area (Å²) in [6, 6.07) is 3.57. The van der Waals surface area contributed by atoms with Crippen LogP contribution >= 0.6 is 0 Å². The third-order valence-corrected chi connectivity index (χ3v) is 5.55. The first-order chi connectivity index (χ1) is 12.0. The van der Waals surface area contributed by atoms with E-state index in [4.69, 9.17) is 4.74 Å². The number of hydrogen-bond donors (Lipinski definition) is 2. The lowest BCUT2D eigenvalue weighted by Crippen LogP contribution is -2.48. The van der Waals surface area contributed by atoms with Crippen molar-refractivity contribution in [1.29, 1.82) is 0 Å².